The molecule has 0 saturated carbocycles. The van der Waals surface area contributed by atoms with E-state index in [2.05, 4.69) is 24.1 Å². The minimum absolute atomic E-state index is 0.213. The minimum atomic E-state index is -0.213. The molecule has 2 rings (SSSR count). The van der Waals surface area contributed by atoms with Crippen LogP contribution in [0.2, 0.25) is 0 Å². The number of nitrogens with zero attached hydrogens (tertiary/aromatic N) is 1. The van der Waals surface area contributed by atoms with Gasteiger partial charge < -0.3 is 14.6 Å². The highest BCUT2D eigenvalue weighted by Crippen LogP contribution is 2.19. The fourth-order valence-corrected chi connectivity index (χ4v) is 2.24. The standard InChI is InChI=1S/C17H23FN2O/c1-3-10-19-12-16-8-9-17(21-16)13-20(4-2)15-7-5-6-14(18)11-15/h5-9,11,19H,3-4,10,12-13H2,1-2H3. The number of hydrogen-bond donors (Lipinski definition) is 1. The van der Waals surface area contributed by atoms with Crippen molar-refractivity contribution in [2.45, 2.75) is 33.4 Å². The van der Waals surface area contributed by atoms with Gasteiger partial charge in [0.1, 0.15) is 17.3 Å². The summed E-state index contributed by atoms with van der Waals surface area (Å²) in [5, 5.41) is 3.31. The van der Waals surface area contributed by atoms with Crippen molar-refractivity contribution in [3.8, 4) is 0 Å². The van der Waals surface area contributed by atoms with Gasteiger partial charge in [-0.15, -0.1) is 0 Å². The second-order valence-corrected chi connectivity index (χ2v) is 5.04. The summed E-state index contributed by atoms with van der Waals surface area (Å²) < 4.78 is 19.1. The van der Waals surface area contributed by atoms with Gasteiger partial charge in [0, 0.05) is 12.2 Å². The van der Waals surface area contributed by atoms with Crippen molar-refractivity contribution < 1.29 is 8.81 Å². The molecule has 0 aliphatic carbocycles. The van der Waals surface area contributed by atoms with Gasteiger partial charge in [-0.3, -0.25) is 0 Å². The SMILES string of the molecule is CCCNCc1ccc(CN(CC)c2cccc(F)c2)o1. The van der Waals surface area contributed by atoms with Crippen LogP contribution in [-0.2, 0) is 13.1 Å². The first-order valence-electron chi connectivity index (χ1n) is 7.51. The van der Waals surface area contributed by atoms with Gasteiger partial charge in [0.05, 0.1) is 13.1 Å². The highest BCUT2D eigenvalue weighted by Gasteiger charge is 2.09. The Morgan fingerprint density at radius 1 is 1.14 bits per heavy atom. The van der Waals surface area contributed by atoms with E-state index in [0.29, 0.717) is 6.54 Å². The van der Waals surface area contributed by atoms with Crippen LogP contribution >= 0.6 is 0 Å². The van der Waals surface area contributed by atoms with E-state index in [1.54, 1.807) is 12.1 Å². The van der Waals surface area contributed by atoms with Gasteiger partial charge in [0.25, 0.3) is 0 Å². The maximum atomic E-state index is 13.3. The van der Waals surface area contributed by atoms with Gasteiger partial charge in [0.2, 0.25) is 0 Å². The predicted octanol–water partition coefficient (Wildman–Crippen LogP) is 3.94. The van der Waals surface area contributed by atoms with Crippen LogP contribution < -0.4 is 10.2 Å². The summed E-state index contributed by atoms with van der Waals surface area (Å²) in [6.45, 7) is 7.37. The molecule has 0 radical (unpaired) electrons. The second-order valence-electron chi connectivity index (χ2n) is 5.04. The lowest BCUT2D eigenvalue weighted by molar-refractivity contribution is 0.444. The van der Waals surface area contributed by atoms with Gasteiger partial charge in [0.15, 0.2) is 0 Å². The van der Waals surface area contributed by atoms with Crippen molar-refractivity contribution in [3.63, 3.8) is 0 Å². The Labute approximate surface area is 125 Å². The smallest absolute Gasteiger partial charge is 0.125 e. The molecule has 0 aliphatic rings. The minimum Gasteiger partial charge on any atom is -0.463 e. The third kappa shape index (κ3) is 4.60. The highest BCUT2D eigenvalue weighted by atomic mass is 19.1. The van der Waals surface area contributed by atoms with E-state index in [-0.39, 0.29) is 5.82 Å². The highest BCUT2D eigenvalue weighted by molar-refractivity contribution is 5.46. The largest absolute Gasteiger partial charge is 0.463 e. The van der Waals surface area contributed by atoms with E-state index in [1.165, 1.54) is 6.07 Å². The molecule has 1 heterocycles. The van der Waals surface area contributed by atoms with Crippen molar-refractivity contribution in [2.75, 3.05) is 18.0 Å². The molecule has 0 amide bonds. The summed E-state index contributed by atoms with van der Waals surface area (Å²) in [5.74, 6) is 1.62. The van der Waals surface area contributed by atoms with Gasteiger partial charge in [-0.1, -0.05) is 13.0 Å². The molecule has 21 heavy (non-hydrogen) atoms. The van der Waals surface area contributed by atoms with Crippen molar-refractivity contribution in [1.29, 1.82) is 0 Å². The Bertz CT molecular complexity index is 553. The van der Waals surface area contributed by atoms with Crippen molar-refractivity contribution in [1.82, 2.24) is 5.32 Å². The van der Waals surface area contributed by atoms with E-state index < -0.39 is 0 Å². The summed E-state index contributed by atoms with van der Waals surface area (Å²) in [6, 6.07) is 10.6. The monoisotopic (exact) mass is 290 g/mol. The summed E-state index contributed by atoms with van der Waals surface area (Å²) >= 11 is 0. The molecule has 0 aliphatic heterocycles. The Morgan fingerprint density at radius 3 is 2.67 bits per heavy atom. The van der Waals surface area contributed by atoms with Gasteiger partial charge in [-0.2, -0.15) is 0 Å². The van der Waals surface area contributed by atoms with Crippen molar-refractivity contribution >= 4 is 5.69 Å². The Kier molecular flexibility index (Phi) is 5.81. The number of benzene rings is 1. The molecule has 1 N–H and O–H groups in total. The van der Waals surface area contributed by atoms with Crippen LogP contribution in [-0.4, -0.2) is 13.1 Å². The first kappa shape index (κ1) is 15.6. The number of hydrogen-bond acceptors (Lipinski definition) is 3. The molecular formula is C17H23FN2O. The number of furan rings is 1. The fourth-order valence-electron chi connectivity index (χ4n) is 2.24. The first-order valence-corrected chi connectivity index (χ1v) is 7.51. The predicted molar refractivity (Wildman–Crippen MR) is 83.8 cm³/mol. The van der Waals surface area contributed by atoms with Crippen LogP contribution in [0.25, 0.3) is 0 Å². The molecule has 0 atom stereocenters. The molecule has 3 nitrogen and oxygen atoms in total. The van der Waals surface area contributed by atoms with E-state index in [4.69, 9.17) is 4.42 Å². The summed E-state index contributed by atoms with van der Waals surface area (Å²) in [5.41, 5.74) is 0.875. The van der Waals surface area contributed by atoms with Crippen LogP contribution in [0.3, 0.4) is 0 Å². The Balaban J connectivity index is 1.98. The van der Waals surface area contributed by atoms with Crippen LogP contribution in [0.5, 0.6) is 0 Å². The number of nitrogens with one attached hydrogen (secondary N) is 1. The molecule has 0 bridgehead atoms. The fraction of sp³-hybridized carbons (Fsp3) is 0.412. The van der Waals surface area contributed by atoms with Gasteiger partial charge in [-0.05, 0) is 50.2 Å². The third-order valence-corrected chi connectivity index (χ3v) is 3.35. The topological polar surface area (TPSA) is 28.4 Å². The lowest BCUT2D eigenvalue weighted by Crippen LogP contribution is -2.21. The lowest BCUT2D eigenvalue weighted by Gasteiger charge is -2.21. The van der Waals surface area contributed by atoms with Crippen molar-refractivity contribution in [2.24, 2.45) is 0 Å². The number of anilines is 1. The van der Waals surface area contributed by atoms with E-state index >= 15 is 0 Å². The number of halogens is 1. The van der Waals surface area contributed by atoms with Crippen LogP contribution in [0.1, 0.15) is 31.8 Å². The van der Waals surface area contributed by atoms with E-state index in [0.717, 1.165) is 43.3 Å². The molecule has 1 aromatic carbocycles. The Morgan fingerprint density at radius 2 is 1.95 bits per heavy atom. The van der Waals surface area contributed by atoms with Gasteiger partial charge >= 0.3 is 0 Å². The molecule has 1 aromatic heterocycles. The summed E-state index contributed by atoms with van der Waals surface area (Å²) in [6.07, 6.45) is 1.11. The van der Waals surface area contributed by atoms with E-state index in [1.807, 2.05) is 18.2 Å². The zero-order valence-electron chi connectivity index (χ0n) is 12.7. The molecule has 114 valence electrons. The zero-order valence-corrected chi connectivity index (χ0v) is 12.7. The van der Waals surface area contributed by atoms with Crippen LogP contribution in [0, 0.1) is 5.82 Å². The molecule has 0 unspecified atom stereocenters. The average Bonchev–Trinajstić information content (AvgIpc) is 2.92. The van der Waals surface area contributed by atoms with Gasteiger partial charge in [-0.25, -0.2) is 4.39 Å². The first-order chi connectivity index (χ1) is 10.2. The molecular weight excluding hydrogens is 267 g/mol. The van der Waals surface area contributed by atoms with Crippen molar-refractivity contribution in [3.05, 3.63) is 53.7 Å². The quantitative estimate of drug-likeness (QED) is 0.746. The maximum absolute atomic E-state index is 13.3. The average molecular weight is 290 g/mol. The van der Waals surface area contributed by atoms with E-state index in [9.17, 15) is 4.39 Å². The Hall–Kier alpha value is -1.81. The molecule has 0 saturated heterocycles. The van der Waals surface area contributed by atoms with Crippen LogP contribution in [0.4, 0.5) is 10.1 Å². The summed E-state index contributed by atoms with van der Waals surface area (Å²) in [4.78, 5) is 2.09. The summed E-state index contributed by atoms with van der Waals surface area (Å²) in [7, 11) is 0. The molecule has 4 heteroatoms. The molecule has 2 aromatic rings. The molecule has 0 spiro atoms. The normalized spacial score (nSPS) is 10.8. The second kappa shape index (κ2) is 7.84. The zero-order chi connectivity index (χ0) is 15.1. The van der Waals surface area contributed by atoms with Crippen LogP contribution in [0.15, 0.2) is 40.8 Å². The number of rotatable bonds is 8. The molecule has 0 fully saturated rings. The maximum Gasteiger partial charge on any atom is 0.125 e. The lowest BCUT2D eigenvalue weighted by atomic mass is 10.2. The third-order valence-electron chi connectivity index (χ3n) is 3.35.